The third-order valence-electron chi connectivity index (χ3n) is 4.33. The molecule has 1 aromatic carbocycles. The van der Waals surface area contributed by atoms with Crippen LogP contribution in [-0.2, 0) is 10.2 Å². The van der Waals surface area contributed by atoms with Crippen molar-refractivity contribution in [3.05, 3.63) is 35.6 Å². The number of unbranched alkanes of at least 4 members (excludes halogenated alkanes) is 1. The van der Waals surface area contributed by atoms with Crippen LogP contribution in [-0.4, -0.2) is 39.3 Å². The van der Waals surface area contributed by atoms with Crippen molar-refractivity contribution in [2.75, 3.05) is 33.4 Å². The van der Waals surface area contributed by atoms with Gasteiger partial charge in [0, 0.05) is 38.8 Å². The van der Waals surface area contributed by atoms with Gasteiger partial charge >= 0.3 is 0 Å². The summed E-state index contributed by atoms with van der Waals surface area (Å²) in [5, 5.41) is 6.64. The van der Waals surface area contributed by atoms with Gasteiger partial charge in [-0.1, -0.05) is 18.2 Å². The normalized spacial score (nSPS) is 15.5. The Kier molecular flexibility index (Phi) is 9.58. The van der Waals surface area contributed by atoms with Crippen LogP contribution in [0.15, 0.2) is 29.3 Å². The minimum Gasteiger partial charge on any atom is -0.382 e. The van der Waals surface area contributed by atoms with Crippen LogP contribution in [0.5, 0.6) is 0 Å². The molecule has 0 aromatic heterocycles. The lowest BCUT2D eigenvalue weighted by molar-refractivity contribution is 0.143. The fourth-order valence-corrected chi connectivity index (χ4v) is 2.74. The molecule has 1 aliphatic carbocycles. The van der Waals surface area contributed by atoms with Crippen molar-refractivity contribution >= 4 is 29.9 Å². The Hall–Kier alpha value is -0.890. The van der Waals surface area contributed by atoms with E-state index in [-0.39, 0.29) is 35.2 Å². The molecule has 1 aromatic rings. The number of hydrogen-bond donors (Lipinski definition) is 2. The molecule has 0 saturated heterocycles. The first-order valence-corrected chi connectivity index (χ1v) is 8.49. The summed E-state index contributed by atoms with van der Waals surface area (Å²) in [7, 11) is 1.76. The van der Waals surface area contributed by atoms with Crippen molar-refractivity contribution in [2.45, 2.75) is 38.0 Å². The Morgan fingerprint density at radius 2 is 2.00 bits per heavy atom. The van der Waals surface area contributed by atoms with Crippen LogP contribution < -0.4 is 10.6 Å². The number of hydrogen-bond acceptors (Lipinski definition) is 2. The molecule has 6 heteroatoms. The number of benzene rings is 1. The van der Waals surface area contributed by atoms with E-state index in [9.17, 15) is 4.39 Å². The van der Waals surface area contributed by atoms with Gasteiger partial charge in [-0.2, -0.15) is 0 Å². The number of aliphatic imine (C=N–C) groups is 1. The van der Waals surface area contributed by atoms with Gasteiger partial charge in [-0.3, -0.25) is 4.99 Å². The lowest BCUT2D eigenvalue weighted by Gasteiger charge is -2.19. The van der Waals surface area contributed by atoms with Gasteiger partial charge < -0.3 is 15.4 Å². The molecule has 0 radical (unpaired) electrons. The molecule has 0 atom stereocenters. The van der Waals surface area contributed by atoms with Gasteiger partial charge in [-0.25, -0.2) is 4.39 Å². The summed E-state index contributed by atoms with van der Waals surface area (Å²) < 4.78 is 19.3. The van der Waals surface area contributed by atoms with Crippen LogP contribution in [0, 0.1) is 5.82 Å². The van der Waals surface area contributed by atoms with Gasteiger partial charge in [0.15, 0.2) is 5.96 Å². The molecule has 1 saturated carbocycles. The molecule has 4 nitrogen and oxygen atoms in total. The van der Waals surface area contributed by atoms with Gasteiger partial charge in [-0.15, -0.1) is 24.0 Å². The van der Waals surface area contributed by atoms with Crippen molar-refractivity contribution in [2.24, 2.45) is 4.99 Å². The van der Waals surface area contributed by atoms with E-state index in [0.29, 0.717) is 6.54 Å². The molecular formula is C18H29FIN3O. The first kappa shape index (κ1) is 21.2. The van der Waals surface area contributed by atoms with Crippen LogP contribution in [0.1, 0.15) is 38.2 Å². The van der Waals surface area contributed by atoms with E-state index in [4.69, 9.17) is 4.74 Å². The number of guanidine groups is 1. The average molecular weight is 449 g/mol. The van der Waals surface area contributed by atoms with Gasteiger partial charge in [0.05, 0.1) is 0 Å². The number of rotatable bonds is 9. The summed E-state index contributed by atoms with van der Waals surface area (Å²) in [5.41, 5.74) is 0.748. The van der Waals surface area contributed by atoms with Crippen molar-refractivity contribution in [1.29, 1.82) is 0 Å². The third-order valence-corrected chi connectivity index (χ3v) is 4.33. The Labute approximate surface area is 161 Å². The summed E-state index contributed by atoms with van der Waals surface area (Å²) in [6.45, 7) is 5.16. The Morgan fingerprint density at radius 1 is 1.25 bits per heavy atom. The minimum atomic E-state index is -0.106. The molecule has 1 aliphatic rings. The lowest BCUT2D eigenvalue weighted by Crippen LogP contribution is -2.41. The summed E-state index contributed by atoms with van der Waals surface area (Å²) in [6, 6.07) is 7.09. The smallest absolute Gasteiger partial charge is 0.191 e. The van der Waals surface area contributed by atoms with Crippen molar-refractivity contribution < 1.29 is 9.13 Å². The van der Waals surface area contributed by atoms with Gasteiger partial charge in [0.2, 0.25) is 0 Å². The SMILES string of the molecule is CCOCCCCNC(=NC)NCC1(c2ccccc2F)CC1.I. The Morgan fingerprint density at radius 3 is 2.62 bits per heavy atom. The molecule has 0 bridgehead atoms. The summed E-state index contributed by atoms with van der Waals surface area (Å²) >= 11 is 0. The lowest BCUT2D eigenvalue weighted by atomic mass is 9.95. The molecule has 0 spiro atoms. The molecule has 136 valence electrons. The van der Waals surface area contributed by atoms with E-state index in [2.05, 4.69) is 15.6 Å². The van der Waals surface area contributed by atoms with E-state index < -0.39 is 0 Å². The molecular weight excluding hydrogens is 420 g/mol. The zero-order valence-electron chi connectivity index (χ0n) is 14.6. The maximum Gasteiger partial charge on any atom is 0.191 e. The standard InChI is InChI=1S/C18H28FN3O.HI/c1-3-23-13-7-6-12-21-17(20-2)22-14-18(10-11-18)15-8-4-5-9-16(15)19;/h4-5,8-9H,3,6-7,10-14H2,1-2H3,(H2,20,21,22);1H. The van der Waals surface area contributed by atoms with Crippen LogP contribution in [0.2, 0.25) is 0 Å². The predicted molar refractivity (Wildman–Crippen MR) is 108 cm³/mol. The summed E-state index contributed by atoms with van der Waals surface area (Å²) in [5.74, 6) is 0.676. The zero-order chi connectivity index (χ0) is 16.5. The van der Waals surface area contributed by atoms with Crippen LogP contribution in [0.25, 0.3) is 0 Å². The summed E-state index contributed by atoms with van der Waals surface area (Å²) in [4.78, 5) is 4.24. The predicted octanol–water partition coefficient (Wildman–Crippen LogP) is 3.46. The highest BCUT2D eigenvalue weighted by molar-refractivity contribution is 14.0. The quantitative estimate of drug-likeness (QED) is 0.263. The van der Waals surface area contributed by atoms with E-state index >= 15 is 0 Å². The number of nitrogens with zero attached hydrogens (tertiary/aromatic N) is 1. The largest absolute Gasteiger partial charge is 0.382 e. The van der Waals surface area contributed by atoms with Gasteiger partial charge in [0.1, 0.15) is 5.82 Å². The fourth-order valence-electron chi connectivity index (χ4n) is 2.74. The molecule has 0 heterocycles. The van der Waals surface area contributed by atoms with E-state index in [0.717, 1.165) is 57.0 Å². The minimum absolute atomic E-state index is 0. The highest BCUT2D eigenvalue weighted by atomic mass is 127. The second-order valence-corrected chi connectivity index (χ2v) is 6.02. The maximum atomic E-state index is 14.0. The van der Waals surface area contributed by atoms with Gasteiger partial charge in [0.25, 0.3) is 0 Å². The average Bonchev–Trinajstić information content (AvgIpc) is 3.35. The molecule has 2 N–H and O–H groups in total. The number of halogens is 2. The highest BCUT2D eigenvalue weighted by Gasteiger charge is 2.45. The molecule has 24 heavy (non-hydrogen) atoms. The molecule has 0 amide bonds. The van der Waals surface area contributed by atoms with Crippen LogP contribution in [0.4, 0.5) is 4.39 Å². The van der Waals surface area contributed by atoms with E-state index in [1.165, 1.54) is 0 Å². The first-order chi connectivity index (χ1) is 11.2. The van der Waals surface area contributed by atoms with Crippen molar-refractivity contribution in [1.82, 2.24) is 10.6 Å². The number of nitrogens with one attached hydrogen (secondary N) is 2. The first-order valence-electron chi connectivity index (χ1n) is 8.49. The fraction of sp³-hybridized carbons (Fsp3) is 0.611. The zero-order valence-corrected chi connectivity index (χ0v) is 16.9. The van der Waals surface area contributed by atoms with Gasteiger partial charge in [-0.05, 0) is 44.2 Å². The van der Waals surface area contributed by atoms with E-state index in [1.54, 1.807) is 19.2 Å². The third kappa shape index (κ3) is 6.20. The molecule has 2 rings (SSSR count). The van der Waals surface area contributed by atoms with Crippen LogP contribution >= 0.6 is 24.0 Å². The Bertz CT molecular complexity index is 521. The maximum absolute atomic E-state index is 14.0. The monoisotopic (exact) mass is 449 g/mol. The summed E-state index contributed by atoms with van der Waals surface area (Å²) in [6.07, 6.45) is 4.12. The highest BCUT2D eigenvalue weighted by Crippen LogP contribution is 2.48. The van der Waals surface area contributed by atoms with E-state index in [1.807, 2.05) is 19.1 Å². The van der Waals surface area contributed by atoms with Crippen molar-refractivity contribution in [3.63, 3.8) is 0 Å². The molecule has 0 unspecified atom stereocenters. The second kappa shape index (κ2) is 10.9. The number of ether oxygens (including phenoxy) is 1. The molecule has 1 fully saturated rings. The second-order valence-electron chi connectivity index (χ2n) is 6.02. The molecule has 0 aliphatic heterocycles. The topological polar surface area (TPSA) is 45.6 Å². The van der Waals surface area contributed by atoms with Crippen LogP contribution in [0.3, 0.4) is 0 Å². The van der Waals surface area contributed by atoms with Crippen molar-refractivity contribution in [3.8, 4) is 0 Å². The Balaban J connectivity index is 0.00000288.